The van der Waals surface area contributed by atoms with Crippen LogP contribution in [0.5, 0.6) is 0 Å². The van der Waals surface area contributed by atoms with Gasteiger partial charge in [0, 0.05) is 29.2 Å². The first-order valence-corrected chi connectivity index (χ1v) is 7.13. The van der Waals surface area contributed by atoms with Crippen LogP contribution in [-0.2, 0) is 11.3 Å². The first-order chi connectivity index (χ1) is 8.97. The van der Waals surface area contributed by atoms with Gasteiger partial charge >= 0.3 is 5.97 Å². The number of nitrogens with zero attached hydrogens (tertiary/aromatic N) is 1. The molecule has 0 aromatic heterocycles. The van der Waals surface area contributed by atoms with Crippen LogP contribution in [0.15, 0.2) is 18.2 Å². The number of carbonyl (C=O) groups is 1. The fourth-order valence-electron chi connectivity index (χ4n) is 2.47. The summed E-state index contributed by atoms with van der Waals surface area (Å²) in [6.45, 7) is 3.37. The molecule has 1 aromatic carbocycles. The molecule has 19 heavy (non-hydrogen) atoms. The van der Waals surface area contributed by atoms with Crippen LogP contribution >= 0.6 is 23.2 Å². The summed E-state index contributed by atoms with van der Waals surface area (Å²) in [4.78, 5) is 13.3. The van der Waals surface area contributed by atoms with E-state index in [1.165, 1.54) is 0 Å². The fraction of sp³-hybridized carbons (Fsp3) is 0.500. The van der Waals surface area contributed by atoms with Gasteiger partial charge in [-0.25, -0.2) is 0 Å². The molecule has 0 aliphatic carbocycles. The number of halogens is 2. The summed E-state index contributed by atoms with van der Waals surface area (Å²) >= 11 is 12.0. The molecule has 1 N–H and O–H groups in total. The Balaban J connectivity index is 2.09. The molecular weight excluding hydrogens is 285 g/mol. The average molecular weight is 302 g/mol. The van der Waals surface area contributed by atoms with Crippen molar-refractivity contribution < 1.29 is 9.90 Å². The van der Waals surface area contributed by atoms with Crippen molar-refractivity contribution in [3.63, 3.8) is 0 Å². The number of hydrogen-bond donors (Lipinski definition) is 1. The van der Waals surface area contributed by atoms with Crippen LogP contribution in [0.1, 0.15) is 25.3 Å². The number of hydrogen-bond acceptors (Lipinski definition) is 2. The Hall–Kier alpha value is -0.770. The fourth-order valence-corrected chi connectivity index (χ4v) is 2.94. The molecule has 0 radical (unpaired) electrons. The lowest BCUT2D eigenvalue weighted by atomic mass is 9.93. The lowest BCUT2D eigenvalue weighted by Crippen LogP contribution is -2.43. The maximum absolute atomic E-state index is 11.1. The molecule has 0 bridgehead atoms. The smallest absolute Gasteiger partial charge is 0.307 e. The van der Waals surface area contributed by atoms with Gasteiger partial charge in [0.25, 0.3) is 0 Å². The molecule has 5 heteroatoms. The van der Waals surface area contributed by atoms with Gasteiger partial charge in [-0.15, -0.1) is 0 Å². The molecule has 2 rings (SSSR count). The van der Waals surface area contributed by atoms with Crippen LogP contribution in [0, 0.1) is 5.92 Å². The second-order valence-electron chi connectivity index (χ2n) is 5.13. The number of rotatable bonds is 3. The molecule has 2 unspecified atom stereocenters. The van der Waals surface area contributed by atoms with E-state index < -0.39 is 5.97 Å². The van der Waals surface area contributed by atoms with Gasteiger partial charge in [0.05, 0.1) is 5.92 Å². The van der Waals surface area contributed by atoms with E-state index in [1.807, 2.05) is 12.1 Å². The number of benzene rings is 1. The van der Waals surface area contributed by atoms with Crippen molar-refractivity contribution in [3.8, 4) is 0 Å². The summed E-state index contributed by atoms with van der Waals surface area (Å²) in [5.74, 6) is -0.985. The highest BCUT2D eigenvalue weighted by Gasteiger charge is 2.29. The van der Waals surface area contributed by atoms with E-state index in [0.29, 0.717) is 29.2 Å². The van der Waals surface area contributed by atoms with Gasteiger partial charge in [-0.1, -0.05) is 29.3 Å². The summed E-state index contributed by atoms with van der Waals surface area (Å²) in [6.07, 6.45) is 1.66. The third-order valence-electron chi connectivity index (χ3n) is 3.75. The summed E-state index contributed by atoms with van der Waals surface area (Å²) in [7, 11) is 0. The molecule has 104 valence electrons. The van der Waals surface area contributed by atoms with Crippen molar-refractivity contribution in [1.29, 1.82) is 0 Å². The van der Waals surface area contributed by atoms with Crippen molar-refractivity contribution in [1.82, 2.24) is 4.90 Å². The Kier molecular flexibility index (Phi) is 4.71. The highest BCUT2D eigenvalue weighted by Crippen LogP contribution is 2.27. The largest absolute Gasteiger partial charge is 0.481 e. The monoisotopic (exact) mass is 301 g/mol. The maximum Gasteiger partial charge on any atom is 0.307 e. The van der Waals surface area contributed by atoms with Gasteiger partial charge in [0.1, 0.15) is 0 Å². The Morgan fingerprint density at radius 2 is 2.16 bits per heavy atom. The molecule has 1 aliphatic rings. The van der Waals surface area contributed by atoms with Crippen LogP contribution in [0.2, 0.25) is 10.0 Å². The van der Waals surface area contributed by atoms with Crippen molar-refractivity contribution >= 4 is 29.2 Å². The van der Waals surface area contributed by atoms with E-state index in [4.69, 9.17) is 28.3 Å². The molecule has 1 aromatic rings. The first-order valence-electron chi connectivity index (χ1n) is 6.38. The molecule has 0 saturated carbocycles. The zero-order valence-electron chi connectivity index (χ0n) is 10.8. The van der Waals surface area contributed by atoms with Gasteiger partial charge in [-0.2, -0.15) is 0 Å². The minimum atomic E-state index is -0.709. The summed E-state index contributed by atoms with van der Waals surface area (Å²) in [5, 5.41) is 10.4. The van der Waals surface area contributed by atoms with Crippen LogP contribution in [-0.4, -0.2) is 28.6 Å². The van der Waals surface area contributed by atoms with E-state index >= 15 is 0 Å². The van der Waals surface area contributed by atoms with E-state index in [9.17, 15) is 4.79 Å². The van der Waals surface area contributed by atoms with Gasteiger partial charge < -0.3 is 5.11 Å². The molecule has 2 atom stereocenters. The Morgan fingerprint density at radius 3 is 2.79 bits per heavy atom. The van der Waals surface area contributed by atoms with Crippen LogP contribution in [0.4, 0.5) is 0 Å². The number of likely N-dealkylation sites (tertiary alicyclic amines) is 1. The summed E-state index contributed by atoms with van der Waals surface area (Å²) < 4.78 is 0. The number of carboxylic acids is 1. The standard InChI is InChI=1S/C14H17Cl2NO2/c1-9-2-3-11(14(18)19)8-17(9)7-10-4-5-12(15)6-13(10)16/h4-6,9,11H,2-3,7-8H2,1H3,(H,18,19). The Morgan fingerprint density at radius 1 is 1.42 bits per heavy atom. The van der Waals surface area contributed by atoms with Crippen molar-refractivity contribution in [2.45, 2.75) is 32.4 Å². The highest BCUT2D eigenvalue weighted by atomic mass is 35.5. The van der Waals surface area contributed by atoms with E-state index in [-0.39, 0.29) is 5.92 Å². The number of carboxylic acid groups (broad SMARTS) is 1. The topological polar surface area (TPSA) is 40.5 Å². The predicted octanol–water partition coefficient (Wildman–Crippen LogP) is 3.68. The summed E-state index contributed by atoms with van der Waals surface area (Å²) in [6, 6.07) is 5.82. The van der Waals surface area contributed by atoms with Crippen LogP contribution < -0.4 is 0 Å². The molecule has 1 fully saturated rings. The Labute approximate surface area is 123 Å². The highest BCUT2D eigenvalue weighted by molar-refractivity contribution is 6.35. The lowest BCUT2D eigenvalue weighted by molar-refractivity contribution is -0.144. The quantitative estimate of drug-likeness (QED) is 0.926. The van der Waals surface area contributed by atoms with Gasteiger partial charge in [-0.05, 0) is 37.5 Å². The zero-order valence-corrected chi connectivity index (χ0v) is 12.3. The van der Waals surface area contributed by atoms with Crippen molar-refractivity contribution in [2.75, 3.05) is 6.54 Å². The van der Waals surface area contributed by atoms with Crippen molar-refractivity contribution in [3.05, 3.63) is 33.8 Å². The van der Waals surface area contributed by atoms with Gasteiger partial charge in [-0.3, -0.25) is 9.69 Å². The third kappa shape index (κ3) is 3.62. The molecule has 1 saturated heterocycles. The minimum absolute atomic E-state index is 0.276. The summed E-state index contributed by atoms with van der Waals surface area (Å²) in [5.41, 5.74) is 0.990. The Bertz CT molecular complexity index is 479. The molecular formula is C14H17Cl2NO2. The van der Waals surface area contributed by atoms with Crippen molar-refractivity contribution in [2.24, 2.45) is 5.92 Å². The first kappa shape index (κ1) is 14.6. The molecule has 1 heterocycles. The van der Waals surface area contributed by atoms with E-state index in [2.05, 4.69) is 11.8 Å². The third-order valence-corrected chi connectivity index (χ3v) is 4.34. The zero-order chi connectivity index (χ0) is 14.0. The molecule has 0 spiro atoms. The van der Waals surface area contributed by atoms with E-state index in [0.717, 1.165) is 18.4 Å². The molecule has 1 aliphatic heterocycles. The number of piperidine rings is 1. The average Bonchev–Trinajstić information content (AvgIpc) is 2.34. The van der Waals surface area contributed by atoms with E-state index in [1.54, 1.807) is 6.07 Å². The SMILES string of the molecule is CC1CCC(C(=O)O)CN1Cc1ccc(Cl)cc1Cl. The van der Waals surface area contributed by atoms with Crippen LogP contribution in [0.25, 0.3) is 0 Å². The normalized spacial score (nSPS) is 24.4. The van der Waals surface area contributed by atoms with Crippen LogP contribution in [0.3, 0.4) is 0 Å². The minimum Gasteiger partial charge on any atom is -0.481 e. The lowest BCUT2D eigenvalue weighted by Gasteiger charge is -2.36. The molecule has 0 amide bonds. The maximum atomic E-state index is 11.1. The second kappa shape index (κ2) is 6.12. The van der Waals surface area contributed by atoms with Gasteiger partial charge in [0.15, 0.2) is 0 Å². The molecule has 3 nitrogen and oxygen atoms in total. The van der Waals surface area contributed by atoms with Gasteiger partial charge in [0.2, 0.25) is 0 Å². The predicted molar refractivity (Wildman–Crippen MR) is 76.7 cm³/mol. The number of aliphatic carboxylic acids is 1. The second-order valence-corrected chi connectivity index (χ2v) is 5.97.